The minimum absolute atomic E-state index is 0.0270. The summed E-state index contributed by atoms with van der Waals surface area (Å²) in [5.74, 6) is -0.293. The Kier molecular flexibility index (Phi) is 2.24. The molecule has 0 aromatic heterocycles. The molecule has 2 aliphatic rings. The number of imide groups is 1. The molecule has 2 amide bonds. The normalized spacial score (nSPS) is 34.4. The fourth-order valence-corrected chi connectivity index (χ4v) is 3.22. The molecule has 2 fully saturated rings. The van der Waals surface area contributed by atoms with Gasteiger partial charge in [-0.1, -0.05) is 26.0 Å². The van der Waals surface area contributed by atoms with Crippen LogP contribution in [0.1, 0.15) is 13.8 Å². The van der Waals surface area contributed by atoms with Gasteiger partial charge in [-0.05, 0) is 24.0 Å². The van der Waals surface area contributed by atoms with E-state index in [1.165, 1.54) is 6.07 Å². The standard InChI is InChI=1S/C14H15NO3/c1-7-8(2)12-11(7)13(17)15(14(12)18)9-5-3-4-6-10(9)16/h3-8,11-12,16H,1-2H3. The van der Waals surface area contributed by atoms with Crippen LogP contribution in [0, 0.1) is 23.7 Å². The molecule has 1 saturated carbocycles. The summed E-state index contributed by atoms with van der Waals surface area (Å²) in [5.41, 5.74) is 0.307. The summed E-state index contributed by atoms with van der Waals surface area (Å²) in [6.45, 7) is 4.01. The third kappa shape index (κ3) is 1.20. The number of phenols is 1. The van der Waals surface area contributed by atoms with E-state index >= 15 is 0 Å². The first-order valence-electron chi connectivity index (χ1n) is 6.20. The van der Waals surface area contributed by atoms with E-state index in [4.69, 9.17) is 0 Å². The number of aromatic hydroxyl groups is 1. The number of anilines is 1. The second kappa shape index (κ2) is 3.57. The van der Waals surface area contributed by atoms with Crippen LogP contribution in [-0.2, 0) is 9.59 Å². The topological polar surface area (TPSA) is 57.6 Å². The first kappa shape index (κ1) is 11.3. The van der Waals surface area contributed by atoms with Crippen molar-refractivity contribution in [3.63, 3.8) is 0 Å². The summed E-state index contributed by atoms with van der Waals surface area (Å²) in [5, 5.41) is 9.79. The van der Waals surface area contributed by atoms with Crippen LogP contribution in [0.15, 0.2) is 24.3 Å². The Balaban J connectivity index is 2.03. The molecule has 1 aromatic rings. The summed E-state index contributed by atoms with van der Waals surface area (Å²) in [6, 6.07) is 6.47. The summed E-state index contributed by atoms with van der Waals surface area (Å²) in [4.78, 5) is 25.7. The number of carbonyl (C=O) groups excluding carboxylic acids is 2. The molecule has 1 aliphatic carbocycles. The smallest absolute Gasteiger partial charge is 0.238 e. The number of para-hydroxylation sites is 2. The highest BCUT2D eigenvalue weighted by Gasteiger charge is 2.61. The van der Waals surface area contributed by atoms with E-state index in [-0.39, 0.29) is 41.2 Å². The van der Waals surface area contributed by atoms with E-state index < -0.39 is 0 Å². The molecular formula is C14H15NO3. The number of rotatable bonds is 1. The molecule has 1 aromatic carbocycles. The van der Waals surface area contributed by atoms with Crippen LogP contribution in [0.5, 0.6) is 5.75 Å². The minimum atomic E-state index is -0.202. The van der Waals surface area contributed by atoms with E-state index in [1.807, 2.05) is 13.8 Å². The van der Waals surface area contributed by atoms with Crippen LogP contribution in [0.3, 0.4) is 0 Å². The lowest BCUT2D eigenvalue weighted by Crippen LogP contribution is -2.45. The van der Waals surface area contributed by atoms with Gasteiger partial charge in [-0.3, -0.25) is 9.59 Å². The van der Waals surface area contributed by atoms with E-state index in [0.717, 1.165) is 4.90 Å². The van der Waals surface area contributed by atoms with Crippen molar-refractivity contribution in [2.45, 2.75) is 13.8 Å². The number of benzene rings is 1. The van der Waals surface area contributed by atoms with E-state index in [2.05, 4.69) is 0 Å². The molecule has 18 heavy (non-hydrogen) atoms. The zero-order valence-corrected chi connectivity index (χ0v) is 10.3. The lowest BCUT2D eigenvalue weighted by molar-refractivity contribution is -0.133. The van der Waals surface area contributed by atoms with Crippen molar-refractivity contribution < 1.29 is 14.7 Å². The molecule has 4 nitrogen and oxygen atoms in total. The Hall–Kier alpha value is -1.84. The van der Waals surface area contributed by atoms with Crippen molar-refractivity contribution in [1.29, 1.82) is 0 Å². The van der Waals surface area contributed by atoms with Gasteiger partial charge in [0.25, 0.3) is 0 Å². The molecule has 1 heterocycles. The fraction of sp³-hybridized carbons (Fsp3) is 0.429. The lowest BCUT2D eigenvalue weighted by atomic mass is 9.59. The molecule has 4 unspecified atom stereocenters. The highest BCUT2D eigenvalue weighted by molar-refractivity contribution is 6.23. The van der Waals surface area contributed by atoms with Crippen molar-refractivity contribution in [1.82, 2.24) is 0 Å². The zero-order chi connectivity index (χ0) is 13.0. The third-order valence-electron chi connectivity index (χ3n) is 4.48. The SMILES string of the molecule is CC1C(C)C2C(=O)N(c3ccccc3O)C(=O)C12. The van der Waals surface area contributed by atoms with Crippen LogP contribution >= 0.6 is 0 Å². The van der Waals surface area contributed by atoms with Gasteiger partial charge in [-0.2, -0.15) is 0 Å². The quantitative estimate of drug-likeness (QED) is 0.767. The average molecular weight is 245 g/mol. The van der Waals surface area contributed by atoms with Gasteiger partial charge in [0.15, 0.2) is 0 Å². The highest BCUT2D eigenvalue weighted by atomic mass is 16.3. The van der Waals surface area contributed by atoms with Crippen LogP contribution in [-0.4, -0.2) is 16.9 Å². The number of carbonyl (C=O) groups is 2. The first-order chi connectivity index (χ1) is 8.54. The predicted octanol–water partition coefficient (Wildman–Crippen LogP) is 1.78. The molecular weight excluding hydrogens is 230 g/mol. The van der Waals surface area contributed by atoms with Crippen LogP contribution in [0.25, 0.3) is 0 Å². The Morgan fingerprint density at radius 1 is 1.00 bits per heavy atom. The lowest BCUT2D eigenvalue weighted by Gasteiger charge is -2.41. The van der Waals surface area contributed by atoms with Crippen molar-refractivity contribution in [2.24, 2.45) is 23.7 Å². The average Bonchev–Trinajstić information content (AvgIpc) is 2.59. The second-order valence-corrected chi connectivity index (χ2v) is 5.27. The van der Waals surface area contributed by atoms with E-state index in [1.54, 1.807) is 18.2 Å². The van der Waals surface area contributed by atoms with Gasteiger partial charge in [-0.25, -0.2) is 4.90 Å². The second-order valence-electron chi connectivity index (χ2n) is 5.27. The molecule has 1 N–H and O–H groups in total. The Morgan fingerprint density at radius 2 is 1.50 bits per heavy atom. The summed E-state index contributed by atoms with van der Waals surface area (Å²) in [7, 11) is 0. The summed E-state index contributed by atoms with van der Waals surface area (Å²) in [6.07, 6.45) is 0. The highest BCUT2D eigenvalue weighted by Crippen LogP contribution is 2.52. The largest absolute Gasteiger partial charge is 0.506 e. The van der Waals surface area contributed by atoms with Crippen LogP contribution < -0.4 is 4.90 Å². The monoisotopic (exact) mass is 245 g/mol. The minimum Gasteiger partial charge on any atom is -0.506 e. The molecule has 0 radical (unpaired) electrons. The van der Waals surface area contributed by atoms with Gasteiger partial charge in [-0.15, -0.1) is 0 Å². The van der Waals surface area contributed by atoms with Gasteiger partial charge in [0, 0.05) is 0 Å². The molecule has 4 atom stereocenters. The maximum atomic E-state index is 12.3. The molecule has 94 valence electrons. The number of amides is 2. The van der Waals surface area contributed by atoms with Gasteiger partial charge in [0.1, 0.15) is 5.75 Å². The molecule has 1 saturated heterocycles. The van der Waals surface area contributed by atoms with Crippen molar-refractivity contribution in [3.05, 3.63) is 24.3 Å². The van der Waals surface area contributed by atoms with Crippen LogP contribution in [0.4, 0.5) is 5.69 Å². The van der Waals surface area contributed by atoms with Crippen molar-refractivity contribution in [2.75, 3.05) is 4.90 Å². The number of fused-ring (bicyclic) bond motifs is 1. The summed E-state index contributed by atoms with van der Waals surface area (Å²) < 4.78 is 0. The number of hydrogen-bond donors (Lipinski definition) is 1. The first-order valence-corrected chi connectivity index (χ1v) is 6.20. The Bertz CT molecular complexity index is 514. The zero-order valence-electron chi connectivity index (χ0n) is 10.3. The third-order valence-corrected chi connectivity index (χ3v) is 4.48. The van der Waals surface area contributed by atoms with E-state index in [0.29, 0.717) is 5.69 Å². The van der Waals surface area contributed by atoms with Crippen molar-refractivity contribution >= 4 is 17.5 Å². The van der Waals surface area contributed by atoms with Gasteiger partial charge in [0.05, 0.1) is 17.5 Å². The molecule has 1 aliphatic heterocycles. The molecule has 4 heteroatoms. The maximum Gasteiger partial charge on any atom is 0.238 e. The fourth-order valence-electron chi connectivity index (χ4n) is 3.22. The maximum absolute atomic E-state index is 12.3. The van der Waals surface area contributed by atoms with Crippen molar-refractivity contribution in [3.8, 4) is 5.75 Å². The number of phenolic OH excluding ortho intramolecular Hbond substituents is 1. The summed E-state index contributed by atoms with van der Waals surface area (Å²) >= 11 is 0. The Labute approximate surface area is 105 Å². The molecule has 0 bridgehead atoms. The predicted molar refractivity (Wildman–Crippen MR) is 65.9 cm³/mol. The molecule has 3 rings (SSSR count). The van der Waals surface area contributed by atoms with Gasteiger partial charge >= 0.3 is 0 Å². The Morgan fingerprint density at radius 3 is 2.00 bits per heavy atom. The molecule has 0 spiro atoms. The number of hydrogen-bond acceptors (Lipinski definition) is 3. The van der Waals surface area contributed by atoms with Crippen LogP contribution in [0.2, 0.25) is 0 Å². The number of nitrogens with zero attached hydrogens (tertiary/aromatic N) is 1. The van der Waals surface area contributed by atoms with Gasteiger partial charge in [0.2, 0.25) is 11.8 Å². The van der Waals surface area contributed by atoms with E-state index in [9.17, 15) is 14.7 Å². The van der Waals surface area contributed by atoms with Gasteiger partial charge < -0.3 is 5.11 Å².